The zero-order chi connectivity index (χ0) is 10.9. The Hall–Kier alpha value is -0.0400. The summed E-state index contributed by atoms with van der Waals surface area (Å²) in [7, 11) is 0. The van der Waals surface area contributed by atoms with Crippen LogP contribution in [0, 0.1) is 5.92 Å². The van der Waals surface area contributed by atoms with Gasteiger partial charge in [-0.1, -0.05) is 52.4 Å². The van der Waals surface area contributed by atoms with E-state index >= 15 is 0 Å². The van der Waals surface area contributed by atoms with Gasteiger partial charge in [-0.05, 0) is 31.7 Å². The highest BCUT2D eigenvalue weighted by Gasteiger charge is 2.14. The Kier molecular flexibility index (Phi) is 7.08. The minimum Gasteiger partial charge on any atom is -0.314 e. The van der Waals surface area contributed by atoms with Crippen molar-refractivity contribution in [1.29, 1.82) is 0 Å². The molecular formula is C14H29N. The second-order valence-electron chi connectivity index (χ2n) is 5.10. The van der Waals surface area contributed by atoms with Crippen LogP contribution >= 0.6 is 0 Å². The molecule has 1 rings (SSSR count). The van der Waals surface area contributed by atoms with Crippen molar-refractivity contribution in [3.63, 3.8) is 0 Å². The molecule has 0 saturated heterocycles. The zero-order valence-electron chi connectivity index (χ0n) is 10.7. The fourth-order valence-corrected chi connectivity index (χ4v) is 2.83. The van der Waals surface area contributed by atoms with Crippen molar-refractivity contribution < 1.29 is 0 Å². The smallest absolute Gasteiger partial charge is 0.00644 e. The molecule has 1 nitrogen and oxygen atoms in total. The maximum absolute atomic E-state index is 3.59. The van der Waals surface area contributed by atoms with Crippen molar-refractivity contribution in [3.8, 4) is 0 Å². The Balaban J connectivity index is 2.15. The van der Waals surface area contributed by atoms with E-state index in [1.165, 1.54) is 57.8 Å². The summed E-state index contributed by atoms with van der Waals surface area (Å²) < 4.78 is 0. The molecule has 0 bridgehead atoms. The highest BCUT2D eigenvalue weighted by molar-refractivity contribution is 4.70. The summed E-state index contributed by atoms with van der Waals surface area (Å²) in [6.07, 6.45) is 13.1. The number of hydrogen-bond acceptors (Lipinski definition) is 1. The molecule has 1 fully saturated rings. The van der Waals surface area contributed by atoms with Crippen LogP contribution in [0.25, 0.3) is 0 Å². The van der Waals surface area contributed by atoms with Crippen LogP contribution in [0.3, 0.4) is 0 Å². The van der Waals surface area contributed by atoms with Crippen molar-refractivity contribution in [1.82, 2.24) is 5.32 Å². The molecular weight excluding hydrogens is 182 g/mol. The van der Waals surface area contributed by atoms with Crippen LogP contribution in [-0.2, 0) is 0 Å². The minimum absolute atomic E-state index is 0.776. The Bertz CT molecular complexity index is 136. The summed E-state index contributed by atoms with van der Waals surface area (Å²) in [6, 6.07) is 0.776. The average molecular weight is 211 g/mol. The second kappa shape index (κ2) is 8.15. The molecule has 1 atom stereocenters. The summed E-state index contributed by atoms with van der Waals surface area (Å²) in [5.74, 6) is 1.04. The van der Waals surface area contributed by atoms with Crippen LogP contribution in [-0.4, -0.2) is 12.6 Å². The van der Waals surface area contributed by atoms with E-state index in [9.17, 15) is 0 Å². The van der Waals surface area contributed by atoms with E-state index < -0.39 is 0 Å². The standard InChI is InChI=1S/C14H29N/c1-3-14(15-4-2)12-11-13-9-7-5-6-8-10-13/h13-15H,3-12H2,1-2H3. The Morgan fingerprint density at radius 1 is 1.07 bits per heavy atom. The molecule has 1 unspecified atom stereocenters. The third-order valence-corrected chi connectivity index (χ3v) is 3.88. The maximum atomic E-state index is 3.59. The predicted molar refractivity (Wildman–Crippen MR) is 68.2 cm³/mol. The summed E-state index contributed by atoms with van der Waals surface area (Å²) in [5.41, 5.74) is 0. The molecule has 0 amide bonds. The largest absolute Gasteiger partial charge is 0.314 e. The molecule has 1 heteroatoms. The highest BCUT2D eigenvalue weighted by Crippen LogP contribution is 2.27. The molecule has 1 N–H and O–H groups in total. The van der Waals surface area contributed by atoms with Gasteiger partial charge in [-0.15, -0.1) is 0 Å². The van der Waals surface area contributed by atoms with Gasteiger partial charge >= 0.3 is 0 Å². The minimum atomic E-state index is 0.776. The van der Waals surface area contributed by atoms with Gasteiger partial charge in [0.1, 0.15) is 0 Å². The molecule has 0 aliphatic heterocycles. The normalized spacial score (nSPS) is 21.2. The Morgan fingerprint density at radius 3 is 2.27 bits per heavy atom. The first-order valence-electron chi connectivity index (χ1n) is 7.10. The van der Waals surface area contributed by atoms with Gasteiger partial charge in [0, 0.05) is 6.04 Å². The summed E-state index contributed by atoms with van der Waals surface area (Å²) in [4.78, 5) is 0. The lowest BCUT2D eigenvalue weighted by molar-refractivity contribution is 0.368. The van der Waals surface area contributed by atoms with Crippen LogP contribution < -0.4 is 5.32 Å². The Labute approximate surface area is 96.0 Å². The van der Waals surface area contributed by atoms with Crippen molar-refractivity contribution in [2.75, 3.05) is 6.54 Å². The number of rotatable bonds is 6. The zero-order valence-corrected chi connectivity index (χ0v) is 10.7. The lowest BCUT2D eigenvalue weighted by Crippen LogP contribution is -2.28. The van der Waals surface area contributed by atoms with Gasteiger partial charge in [0.15, 0.2) is 0 Å². The molecule has 1 saturated carbocycles. The van der Waals surface area contributed by atoms with E-state index in [2.05, 4.69) is 19.2 Å². The molecule has 15 heavy (non-hydrogen) atoms. The molecule has 0 aromatic rings. The van der Waals surface area contributed by atoms with Gasteiger partial charge in [0.05, 0.1) is 0 Å². The first-order valence-corrected chi connectivity index (χ1v) is 7.10. The van der Waals surface area contributed by atoms with Crippen LogP contribution in [0.2, 0.25) is 0 Å². The summed E-state index contributed by atoms with van der Waals surface area (Å²) in [5, 5.41) is 3.59. The van der Waals surface area contributed by atoms with Gasteiger partial charge in [-0.2, -0.15) is 0 Å². The summed E-state index contributed by atoms with van der Waals surface area (Å²) in [6.45, 7) is 5.65. The maximum Gasteiger partial charge on any atom is 0.00644 e. The quantitative estimate of drug-likeness (QED) is 0.652. The van der Waals surface area contributed by atoms with E-state index in [1.807, 2.05) is 0 Å². The van der Waals surface area contributed by atoms with Crippen molar-refractivity contribution >= 4 is 0 Å². The monoisotopic (exact) mass is 211 g/mol. The fraction of sp³-hybridized carbons (Fsp3) is 1.00. The lowest BCUT2D eigenvalue weighted by Gasteiger charge is -2.19. The Morgan fingerprint density at radius 2 is 1.73 bits per heavy atom. The van der Waals surface area contributed by atoms with E-state index in [-0.39, 0.29) is 0 Å². The molecule has 90 valence electrons. The first kappa shape index (κ1) is 13.0. The van der Waals surface area contributed by atoms with E-state index in [0.29, 0.717) is 0 Å². The average Bonchev–Trinajstić information content (AvgIpc) is 2.52. The third kappa shape index (κ3) is 5.55. The number of nitrogens with one attached hydrogen (secondary N) is 1. The van der Waals surface area contributed by atoms with Crippen LogP contribution in [0.5, 0.6) is 0 Å². The van der Waals surface area contributed by atoms with Gasteiger partial charge in [0.25, 0.3) is 0 Å². The van der Waals surface area contributed by atoms with E-state index in [1.54, 1.807) is 0 Å². The third-order valence-electron chi connectivity index (χ3n) is 3.88. The van der Waals surface area contributed by atoms with E-state index in [0.717, 1.165) is 18.5 Å². The van der Waals surface area contributed by atoms with Crippen molar-refractivity contribution in [2.24, 2.45) is 5.92 Å². The number of hydrogen-bond donors (Lipinski definition) is 1. The topological polar surface area (TPSA) is 12.0 Å². The van der Waals surface area contributed by atoms with Crippen molar-refractivity contribution in [3.05, 3.63) is 0 Å². The van der Waals surface area contributed by atoms with Gasteiger partial charge in [-0.3, -0.25) is 0 Å². The second-order valence-corrected chi connectivity index (χ2v) is 5.10. The predicted octanol–water partition coefficient (Wildman–Crippen LogP) is 4.13. The van der Waals surface area contributed by atoms with Crippen LogP contribution in [0.15, 0.2) is 0 Å². The van der Waals surface area contributed by atoms with E-state index in [4.69, 9.17) is 0 Å². The summed E-state index contributed by atoms with van der Waals surface area (Å²) >= 11 is 0. The van der Waals surface area contributed by atoms with Crippen molar-refractivity contribution in [2.45, 2.75) is 77.7 Å². The molecule has 0 spiro atoms. The molecule has 0 aromatic carbocycles. The molecule has 1 aliphatic rings. The first-order chi connectivity index (χ1) is 7.36. The van der Waals surface area contributed by atoms with Crippen LogP contribution in [0.4, 0.5) is 0 Å². The molecule has 0 radical (unpaired) electrons. The fourth-order valence-electron chi connectivity index (χ4n) is 2.83. The van der Waals surface area contributed by atoms with Gasteiger partial charge in [0.2, 0.25) is 0 Å². The SMILES string of the molecule is CCNC(CC)CCC1CCCCCC1. The van der Waals surface area contributed by atoms with Gasteiger partial charge in [-0.25, -0.2) is 0 Å². The van der Waals surface area contributed by atoms with Gasteiger partial charge < -0.3 is 5.32 Å². The molecule has 0 heterocycles. The molecule has 0 aromatic heterocycles. The lowest BCUT2D eigenvalue weighted by atomic mass is 9.92. The molecule has 1 aliphatic carbocycles. The highest BCUT2D eigenvalue weighted by atomic mass is 14.9. The van der Waals surface area contributed by atoms with Crippen LogP contribution in [0.1, 0.15) is 71.6 Å².